The Hall–Kier alpha value is -4.64. The Morgan fingerprint density at radius 3 is 1.85 bits per heavy atom. The number of rotatable bonds is 4. The van der Waals surface area contributed by atoms with Crippen LogP contribution < -0.4 is 5.56 Å². The number of carbonyl (C=O) groups excluding carboxylic acids is 1. The van der Waals surface area contributed by atoms with Crippen molar-refractivity contribution < 1.29 is 9.90 Å². The average molecular weight is 515 g/mol. The largest absolute Gasteiger partial charge is 0.512 e. The minimum atomic E-state index is -0.365. The molecule has 0 saturated heterocycles. The van der Waals surface area contributed by atoms with Gasteiger partial charge < -0.3 is 9.67 Å². The number of para-hydroxylation sites is 2. The zero-order valence-corrected chi connectivity index (χ0v) is 22.3. The van der Waals surface area contributed by atoms with Gasteiger partial charge in [0.2, 0.25) is 0 Å². The highest BCUT2D eigenvalue weighted by Gasteiger charge is 2.37. The maximum absolute atomic E-state index is 14.5. The summed E-state index contributed by atoms with van der Waals surface area (Å²) in [6.45, 7) is 5.88. The van der Waals surface area contributed by atoms with Crippen molar-refractivity contribution >= 4 is 22.3 Å². The van der Waals surface area contributed by atoms with Crippen LogP contribution in [0.1, 0.15) is 37.9 Å². The lowest BCUT2D eigenvalue weighted by Crippen LogP contribution is -2.26. The second kappa shape index (κ2) is 9.28. The zero-order valence-electron chi connectivity index (χ0n) is 22.3. The minimum absolute atomic E-state index is 0.0341. The summed E-state index contributed by atoms with van der Waals surface area (Å²) < 4.78 is 3.74. The highest BCUT2D eigenvalue weighted by atomic mass is 16.3. The van der Waals surface area contributed by atoms with E-state index in [2.05, 4.69) is 4.57 Å². The summed E-state index contributed by atoms with van der Waals surface area (Å²) in [6.07, 6.45) is 0.649. The van der Waals surface area contributed by atoms with E-state index in [1.54, 1.807) is 4.57 Å². The normalized spacial score (nSPS) is 15.2. The topological polar surface area (TPSA) is 64.2 Å². The maximum Gasteiger partial charge on any atom is 0.265 e. The van der Waals surface area contributed by atoms with Gasteiger partial charge in [-0.15, -0.1) is 0 Å². The lowest BCUT2D eigenvalue weighted by molar-refractivity contribution is -0.116. The molecule has 1 aliphatic carbocycles. The molecule has 0 spiro atoms. The first-order valence-electron chi connectivity index (χ1n) is 13.2. The van der Waals surface area contributed by atoms with Gasteiger partial charge in [-0.25, -0.2) is 0 Å². The van der Waals surface area contributed by atoms with Gasteiger partial charge >= 0.3 is 0 Å². The number of aryl methyl sites for hydroxylation is 1. The number of aliphatic hydroxyl groups excluding tert-OH is 1. The van der Waals surface area contributed by atoms with Crippen molar-refractivity contribution in [1.82, 2.24) is 9.13 Å². The Balaban J connectivity index is 1.85. The Morgan fingerprint density at radius 2 is 1.28 bits per heavy atom. The van der Waals surface area contributed by atoms with Crippen molar-refractivity contribution in [2.75, 3.05) is 0 Å². The third kappa shape index (κ3) is 4.11. The van der Waals surface area contributed by atoms with Crippen LogP contribution in [0.15, 0.2) is 108 Å². The van der Waals surface area contributed by atoms with Crippen LogP contribution in [0.2, 0.25) is 0 Å². The Kier molecular flexibility index (Phi) is 5.87. The Morgan fingerprint density at radius 1 is 0.744 bits per heavy atom. The first-order chi connectivity index (χ1) is 18.8. The van der Waals surface area contributed by atoms with Crippen LogP contribution in [0.4, 0.5) is 0 Å². The number of aromatic nitrogens is 2. The molecule has 0 saturated carbocycles. The molecule has 0 fully saturated rings. The van der Waals surface area contributed by atoms with E-state index in [0.717, 1.165) is 22.6 Å². The molecule has 39 heavy (non-hydrogen) atoms. The molecular formula is C34H30N2O3. The molecular weight excluding hydrogens is 484 g/mol. The molecule has 6 rings (SSSR count). The molecule has 1 N–H and O–H groups in total. The van der Waals surface area contributed by atoms with E-state index in [9.17, 15) is 14.7 Å². The minimum Gasteiger partial charge on any atom is -0.512 e. The standard InChI is InChI=1S/C34H30N2O3/c1-22-19-26-29(33(39)35(22)24-15-9-5-10-16-24)31(30-27(37)20-34(2,3)21-28(30)38)32(23-13-7-4-8-14-23)36(26)25-17-11-6-12-18-25/h4-19,37H,20-21H2,1-3H3. The molecule has 2 aromatic heterocycles. The molecule has 0 bridgehead atoms. The first kappa shape index (κ1) is 24.7. The van der Waals surface area contributed by atoms with Crippen molar-refractivity contribution in [3.05, 3.63) is 124 Å². The van der Waals surface area contributed by atoms with Gasteiger partial charge in [0.05, 0.1) is 22.2 Å². The number of aliphatic hydroxyl groups is 1. The average Bonchev–Trinajstić information content (AvgIpc) is 3.24. The molecule has 0 amide bonds. The number of hydrogen-bond acceptors (Lipinski definition) is 3. The quantitative estimate of drug-likeness (QED) is 0.271. The summed E-state index contributed by atoms with van der Waals surface area (Å²) in [5, 5.41) is 11.8. The Bertz CT molecular complexity index is 1810. The van der Waals surface area contributed by atoms with E-state index in [0.29, 0.717) is 28.6 Å². The van der Waals surface area contributed by atoms with E-state index in [1.807, 2.05) is 118 Å². The number of fused-ring (bicyclic) bond motifs is 1. The summed E-state index contributed by atoms with van der Waals surface area (Å²) in [6, 6.07) is 31.2. The van der Waals surface area contributed by atoms with Gasteiger partial charge in [-0.1, -0.05) is 80.6 Å². The van der Waals surface area contributed by atoms with Crippen molar-refractivity contribution in [1.29, 1.82) is 0 Å². The van der Waals surface area contributed by atoms with Crippen LogP contribution in [0.5, 0.6) is 0 Å². The van der Waals surface area contributed by atoms with Crippen molar-refractivity contribution in [2.24, 2.45) is 5.41 Å². The molecule has 0 aliphatic heterocycles. The lowest BCUT2D eigenvalue weighted by atomic mass is 9.74. The highest BCUT2D eigenvalue weighted by molar-refractivity contribution is 6.27. The highest BCUT2D eigenvalue weighted by Crippen LogP contribution is 2.46. The van der Waals surface area contributed by atoms with Gasteiger partial charge in [0, 0.05) is 35.5 Å². The number of hydrogen-bond donors (Lipinski definition) is 1. The second-order valence-electron chi connectivity index (χ2n) is 11.0. The molecule has 3 aromatic carbocycles. The van der Waals surface area contributed by atoms with Crippen LogP contribution in [-0.2, 0) is 4.79 Å². The van der Waals surface area contributed by atoms with Crippen molar-refractivity contribution in [2.45, 2.75) is 33.6 Å². The summed E-state index contributed by atoms with van der Waals surface area (Å²) in [4.78, 5) is 28.3. The third-order valence-corrected chi connectivity index (χ3v) is 7.50. The SMILES string of the molecule is Cc1cc2c(c(C3=C(O)CC(C)(C)CC3=O)c(-c3ccccc3)n2-c2ccccc2)c(=O)n1-c1ccccc1. The van der Waals surface area contributed by atoms with E-state index in [4.69, 9.17) is 0 Å². The second-order valence-corrected chi connectivity index (χ2v) is 11.0. The van der Waals surface area contributed by atoms with Crippen LogP contribution in [0.25, 0.3) is 39.1 Å². The van der Waals surface area contributed by atoms with Crippen LogP contribution in [0, 0.1) is 12.3 Å². The molecule has 194 valence electrons. The summed E-state index contributed by atoms with van der Waals surface area (Å²) in [7, 11) is 0. The monoisotopic (exact) mass is 514 g/mol. The number of carbonyl (C=O) groups is 1. The van der Waals surface area contributed by atoms with Crippen molar-refractivity contribution in [3.63, 3.8) is 0 Å². The van der Waals surface area contributed by atoms with Crippen LogP contribution >= 0.6 is 0 Å². The number of allylic oxidation sites excluding steroid dienone is 2. The van der Waals surface area contributed by atoms with Gasteiger partial charge in [-0.05, 0) is 48.2 Å². The van der Waals surface area contributed by atoms with E-state index < -0.39 is 0 Å². The fourth-order valence-electron chi connectivity index (χ4n) is 5.91. The number of Topliss-reactive ketones (excluding diaryl/α,β-unsaturated/α-hetero) is 1. The van der Waals surface area contributed by atoms with E-state index in [-0.39, 0.29) is 34.5 Å². The molecule has 1 aliphatic rings. The van der Waals surface area contributed by atoms with Crippen molar-refractivity contribution in [3.8, 4) is 22.6 Å². The molecule has 0 unspecified atom stereocenters. The van der Waals surface area contributed by atoms with Crippen LogP contribution in [0.3, 0.4) is 0 Å². The first-order valence-corrected chi connectivity index (χ1v) is 13.2. The molecule has 0 radical (unpaired) electrons. The number of ketones is 1. The Labute approximate surface area is 227 Å². The molecule has 0 atom stereocenters. The molecule has 5 heteroatoms. The fraction of sp³-hybridized carbons (Fsp3) is 0.176. The van der Waals surface area contributed by atoms with Gasteiger partial charge in [-0.2, -0.15) is 0 Å². The van der Waals surface area contributed by atoms with Gasteiger partial charge in [0.25, 0.3) is 5.56 Å². The smallest absolute Gasteiger partial charge is 0.265 e. The number of benzene rings is 3. The molecule has 2 heterocycles. The number of nitrogens with zero attached hydrogens (tertiary/aromatic N) is 2. The third-order valence-electron chi connectivity index (χ3n) is 7.50. The number of pyridine rings is 1. The van der Waals surface area contributed by atoms with E-state index in [1.165, 1.54) is 0 Å². The van der Waals surface area contributed by atoms with Crippen LogP contribution in [-0.4, -0.2) is 20.0 Å². The molecule has 5 nitrogen and oxygen atoms in total. The molecule has 5 aromatic rings. The predicted octanol–water partition coefficient (Wildman–Crippen LogP) is 7.42. The predicted molar refractivity (Wildman–Crippen MR) is 157 cm³/mol. The van der Waals surface area contributed by atoms with Gasteiger partial charge in [0.15, 0.2) is 5.78 Å². The zero-order chi connectivity index (χ0) is 27.3. The summed E-state index contributed by atoms with van der Waals surface area (Å²) in [5.74, 6) is -0.119. The lowest BCUT2D eigenvalue weighted by Gasteiger charge is -2.30. The van der Waals surface area contributed by atoms with Gasteiger partial charge in [-0.3, -0.25) is 14.2 Å². The maximum atomic E-state index is 14.5. The van der Waals surface area contributed by atoms with E-state index >= 15 is 0 Å². The summed E-state index contributed by atoms with van der Waals surface area (Å²) in [5.41, 5.74) is 4.80. The summed E-state index contributed by atoms with van der Waals surface area (Å²) >= 11 is 0. The fourth-order valence-corrected chi connectivity index (χ4v) is 5.91. The van der Waals surface area contributed by atoms with Gasteiger partial charge in [0.1, 0.15) is 5.76 Å².